The lowest BCUT2D eigenvalue weighted by Crippen LogP contribution is -2.39. The predicted octanol–water partition coefficient (Wildman–Crippen LogP) is 1.88. The van der Waals surface area contributed by atoms with E-state index in [4.69, 9.17) is 11.1 Å². The lowest BCUT2D eigenvalue weighted by Gasteiger charge is -2.30. The molecule has 0 saturated carbocycles. The third-order valence-corrected chi connectivity index (χ3v) is 3.40. The van der Waals surface area contributed by atoms with Gasteiger partial charge in [-0.2, -0.15) is 0 Å². The number of nitrogens with two attached hydrogens (primary N) is 1. The second-order valence-electron chi connectivity index (χ2n) is 5.39. The van der Waals surface area contributed by atoms with Gasteiger partial charge in [0.2, 0.25) is 0 Å². The second-order valence-corrected chi connectivity index (χ2v) is 5.39. The van der Waals surface area contributed by atoms with E-state index >= 15 is 0 Å². The van der Waals surface area contributed by atoms with Crippen LogP contribution in [0.3, 0.4) is 0 Å². The van der Waals surface area contributed by atoms with Crippen LogP contribution in [-0.2, 0) is 6.54 Å². The van der Waals surface area contributed by atoms with Crippen molar-refractivity contribution < 1.29 is 4.39 Å². The summed E-state index contributed by atoms with van der Waals surface area (Å²) in [4.78, 5) is 4.36. The van der Waals surface area contributed by atoms with Crippen molar-refractivity contribution in [1.82, 2.24) is 9.80 Å². The normalized spacial score (nSPS) is 12.9. The molecule has 1 rings (SSSR count). The van der Waals surface area contributed by atoms with Crippen molar-refractivity contribution in [1.29, 1.82) is 5.41 Å². The predicted molar refractivity (Wildman–Crippen MR) is 81.5 cm³/mol. The van der Waals surface area contributed by atoms with Crippen LogP contribution in [0.1, 0.15) is 25.0 Å². The Morgan fingerprint density at radius 1 is 1.40 bits per heavy atom. The van der Waals surface area contributed by atoms with Crippen LogP contribution in [0.25, 0.3) is 0 Å². The number of amidine groups is 1. The number of nitrogen functional groups attached to an aromatic ring is 1. The first-order valence-corrected chi connectivity index (χ1v) is 6.86. The molecule has 1 aromatic carbocycles. The van der Waals surface area contributed by atoms with E-state index in [2.05, 4.69) is 23.6 Å². The van der Waals surface area contributed by atoms with Gasteiger partial charge in [-0.25, -0.2) is 4.39 Å². The van der Waals surface area contributed by atoms with Gasteiger partial charge in [-0.15, -0.1) is 0 Å². The topological polar surface area (TPSA) is 56.4 Å². The smallest absolute Gasteiger partial charge is 0.128 e. The van der Waals surface area contributed by atoms with Gasteiger partial charge in [0.05, 0.1) is 0 Å². The quantitative estimate of drug-likeness (QED) is 0.592. The molecule has 0 saturated heterocycles. The number of rotatable bonds is 7. The van der Waals surface area contributed by atoms with Crippen LogP contribution in [-0.4, -0.2) is 48.9 Å². The van der Waals surface area contributed by atoms with Crippen LogP contribution in [0.15, 0.2) is 18.2 Å². The minimum Gasteiger partial charge on any atom is -0.384 e. The van der Waals surface area contributed by atoms with Crippen molar-refractivity contribution in [3.8, 4) is 0 Å². The highest BCUT2D eigenvalue weighted by atomic mass is 19.1. The van der Waals surface area contributed by atoms with Crippen molar-refractivity contribution >= 4 is 5.84 Å². The van der Waals surface area contributed by atoms with Gasteiger partial charge < -0.3 is 10.6 Å². The number of likely N-dealkylation sites (N-methyl/N-ethyl adjacent to an activating group) is 2. The highest BCUT2D eigenvalue weighted by Crippen LogP contribution is 2.14. The molecule has 0 aliphatic rings. The first kappa shape index (κ1) is 16.6. The summed E-state index contributed by atoms with van der Waals surface area (Å²) in [5.74, 6) is -0.406. The summed E-state index contributed by atoms with van der Waals surface area (Å²) in [7, 11) is 4.07. The van der Waals surface area contributed by atoms with E-state index < -0.39 is 0 Å². The number of benzene rings is 1. The van der Waals surface area contributed by atoms with Crippen LogP contribution in [0.4, 0.5) is 4.39 Å². The van der Waals surface area contributed by atoms with Gasteiger partial charge in [-0.1, -0.05) is 19.1 Å². The molecule has 1 atom stereocenters. The van der Waals surface area contributed by atoms with Gasteiger partial charge in [0, 0.05) is 30.3 Å². The Labute approximate surface area is 120 Å². The van der Waals surface area contributed by atoms with Gasteiger partial charge in [0.1, 0.15) is 11.7 Å². The van der Waals surface area contributed by atoms with Crippen LogP contribution in [0.2, 0.25) is 0 Å². The maximum absolute atomic E-state index is 14.0. The first-order valence-electron chi connectivity index (χ1n) is 6.86. The lowest BCUT2D eigenvalue weighted by atomic mass is 10.1. The molecule has 1 unspecified atom stereocenters. The number of hydrogen-bond acceptors (Lipinski definition) is 3. The zero-order valence-electron chi connectivity index (χ0n) is 12.8. The number of halogens is 1. The molecule has 5 heteroatoms. The van der Waals surface area contributed by atoms with E-state index in [-0.39, 0.29) is 11.7 Å². The molecule has 0 aliphatic carbocycles. The molecular formula is C15H25FN4. The molecule has 0 fully saturated rings. The average Bonchev–Trinajstić information content (AvgIpc) is 2.36. The highest BCUT2D eigenvalue weighted by Gasteiger charge is 2.15. The van der Waals surface area contributed by atoms with E-state index in [0.717, 1.165) is 13.1 Å². The fourth-order valence-corrected chi connectivity index (χ4v) is 2.29. The summed E-state index contributed by atoms with van der Waals surface area (Å²) in [6.45, 7) is 6.58. The van der Waals surface area contributed by atoms with Crippen LogP contribution >= 0.6 is 0 Å². The van der Waals surface area contributed by atoms with E-state index in [1.54, 1.807) is 12.1 Å². The van der Waals surface area contributed by atoms with E-state index in [9.17, 15) is 4.39 Å². The Bertz CT molecular complexity index is 459. The molecule has 0 aliphatic heterocycles. The van der Waals surface area contributed by atoms with Crippen molar-refractivity contribution in [2.75, 3.05) is 27.2 Å². The van der Waals surface area contributed by atoms with Crippen LogP contribution in [0, 0.1) is 11.2 Å². The Morgan fingerprint density at radius 3 is 2.50 bits per heavy atom. The lowest BCUT2D eigenvalue weighted by molar-refractivity contribution is 0.172. The Kier molecular flexibility index (Phi) is 6.10. The maximum Gasteiger partial charge on any atom is 0.128 e. The molecule has 20 heavy (non-hydrogen) atoms. The summed E-state index contributed by atoms with van der Waals surface area (Å²) in [6, 6.07) is 5.10. The highest BCUT2D eigenvalue weighted by molar-refractivity contribution is 5.94. The van der Waals surface area contributed by atoms with Gasteiger partial charge in [-0.3, -0.25) is 10.3 Å². The van der Waals surface area contributed by atoms with Crippen molar-refractivity contribution in [3.05, 3.63) is 35.1 Å². The maximum atomic E-state index is 14.0. The van der Waals surface area contributed by atoms with Crippen molar-refractivity contribution in [2.24, 2.45) is 5.73 Å². The van der Waals surface area contributed by atoms with Gasteiger partial charge in [-0.05, 0) is 33.6 Å². The van der Waals surface area contributed by atoms with Crippen LogP contribution < -0.4 is 5.73 Å². The molecule has 0 bridgehead atoms. The largest absolute Gasteiger partial charge is 0.384 e. The standard InChI is InChI=1S/C15H25FN4/c1-5-20(11(2)9-19(3)4)10-13-7-6-12(15(17)18)8-14(13)16/h6-8,11H,5,9-10H2,1-4H3,(H3,17,18). The van der Waals surface area contributed by atoms with Gasteiger partial charge in [0.25, 0.3) is 0 Å². The first-order chi connectivity index (χ1) is 9.35. The molecule has 0 heterocycles. The van der Waals surface area contributed by atoms with Gasteiger partial charge >= 0.3 is 0 Å². The molecule has 112 valence electrons. The van der Waals surface area contributed by atoms with Gasteiger partial charge in [0.15, 0.2) is 0 Å². The molecule has 4 nitrogen and oxygen atoms in total. The third-order valence-electron chi connectivity index (χ3n) is 3.40. The minimum atomic E-state index is -0.298. The van der Waals surface area contributed by atoms with E-state index in [1.165, 1.54) is 6.07 Å². The number of nitrogens with one attached hydrogen (secondary N) is 1. The molecule has 3 N–H and O–H groups in total. The molecular weight excluding hydrogens is 255 g/mol. The molecule has 0 amide bonds. The zero-order chi connectivity index (χ0) is 15.3. The SMILES string of the molecule is CCN(Cc1ccc(C(=N)N)cc1F)C(C)CN(C)C. The van der Waals surface area contributed by atoms with Crippen molar-refractivity contribution in [3.63, 3.8) is 0 Å². The van der Waals surface area contributed by atoms with E-state index in [1.807, 2.05) is 14.1 Å². The summed E-state index contributed by atoms with van der Waals surface area (Å²) >= 11 is 0. The fraction of sp³-hybridized carbons (Fsp3) is 0.533. The Morgan fingerprint density at radius 2 is 2.05 bits per heavy atom. The summed E-state index contributed by atoms with van der Waals surface area (Å²) in [5.41, 5.74) is 6.43. The fourth-order valence-electron chi connectivity index (χ4n) is 2.29. The monoisotopic (exact) mass is 280 g/mol. The molecule has 0 spiro atoms. The summed E-state index contributed by atoms with van der Waals surface area (Å²) in [5, 5.41) is 7.32. The molecule has 0 radical (unpaired) electrons. The minimum absolute atomic E-state index is 0.108. The third kappa shape index (κ3) is 4.58. The number of nitrogens with zero attached hydrogens (tertiary/aromatic N) is 2. The number of hydrogen-bond donors (Lipinski definition) is 2. The molecule has 0 aromatic heterocycles. The Balaban J connectivity index is 2.82. The summed E-state index contributed by atoms with van der Waals surface area (Å²) < 4.78 is 14.0. The summed E-state index contributed by atoms with van der Waals surface area (Å²) in [6.07, 6.45) is 0. The average molecular weight is 280 g/mol. The van der Waals surface area contributed by atoms with E-state index in [0.29, 0.717) is 23.7 Å². The van der Waals surface area contributed by atoms with Crippen molar-refractivity contribution in [2.45, 2.75) is 26.4 Å². The zero-order valence-corrected chi connectivity index (χ0v) is 12.8. The Hall–Kier alpha value is -1.46. The molecule has 1 aromatic rings. The second kappa shape index (κ2) is 7.36. The van der Waals surface area contributed by atoms with Crippen LogP contribution in [0.5, 0.6) is 0 Å².